The van der Waals surface area contributed by atoms with Gasteiger partial charge in [0.05, 0.1) is 0 Å². The van der Waals surface area contributed by atoms with Gasteiger partial charge in [0.25, 0.3) is 0 Å². The Hall–Kier alpha value is -3.81. The van der Waals surface area contributed by atoms with Crippen molar-refractivity contribution < 1.29 is 28.6 Å². The summed E-state index contributed by atoms with van der Waals surface area (Å²) in [6.07, 6.45) is -0.150. The van der Waals surface area contributed by atoms with Crippen LogP contribution in [0.4, 0.5) is 4.79 Å². The van der Waals surface area contributed by atoms with Crippen LogP contribution in [0.25, 0.3) is 22.3 Å². The summed E-state index contributed by atoms with van der Waals surface area (Å²) in [5.74, 6) is -1.08. The first-order valence-corrected chi connectivity index (χ1v) is 11.1. The van der Waals surface area contributed by atoms with Crippen LogP contribution in [0.3, 0.4) is 0 Å². The van der Waals surface area contributed by atoms with Crippen LogP contribution >= 0.6 is 0 Å². The highest BCUT2D eigenvalue weighted by atomic mass is 16.6. The number of carbonyl (C=O) groups excluding carboxylic acids is 2. The predicted octanol–water partition coefficient (Wildman–Crippen LogP) is 5.01. The molecular weight excluding hydrogens is 438 g/mol. The van der Waals surface area contributed by atoms with Gasteiger partial charge >= 0.3 is 12.1 Å². The molecule has 0 unspecified atom stereocenters. The standard InChI is InChI=1S/C26H29NO7/c1-6-15(2)23(27-25(31)34-26(3,4)5)24(30)32-17-12-18(28)22-19(29)14-20(33-21(22)13-17)16-10-8-7-9-11-16/h7-15,23,28H,6H2,1-5H3,(H,27,31)/t15-,23+/m0/s1. The maximum atomic E-state index is 13.0. The molecule has 0 saturated carbocycles. The van der Waals surface area contributed by atoms with Gasteiger partial charge in [0.1, 0.15) is 39.9 Å². The van der Waals surface area contributed by atoms with Gasteiger partial charge in [0.2, 0.25) is 0 Å². The molecule has 0 radical (unpaired) electrons. The summed E-state index contributed by atoms with van der Waals surface area (Å²) >= 11 is 0. The van der Waals surface area contributed by atoms with Crippen molar-refractivity contribution in [2.45, 2.75) is 52.7 Å². The summed E-state index contributed by atoms with van der Waals surface area (Å²) < 4.78 is 16.6. The Morgan fingerprint density at radius 1 is 1.12 bits per heavy atom. The van der Waals surface area contributed by atoms with Crippen LogP contribution in [-0.2, 0) is 9.53 Å². The van der Waals surface area contributed by atoms with E-state index in [0.29, 0.717) is 17.7 Å². The molecule has 0 fully saturated rings. The van der Waals surface area contributed by atoms with E-state index in [1.54, 1.807) is 39.8 Å². The molecule has 1 aromatic heterocycles. The number of aromatic hydroxyl groups is 1. The minimum Gasteiger partial charge on any atom is -0.507 e. The fraction of sp³-hybridized carbons (Fsp3) is 0.346. The number of phenolic OH excluding ortho intramolecular Hbond substituents is 1. The number of carbonyl (C=O) groups is 2. The Morgan fingerprint density at radius 2 is 1.79 bits per heavy atom. The molecule has 2 atom stereocenters. The number of amides is 1. The quantitative estimate of drug-likeness (QED) is 0.387. The third kappa shape index (κ3) is 5.95. The van der Waals surface area contributed by atoms with E-state index in [-0.39, 0.29) is 28.4 Å². The van der Waals surface area contributed by atoms with Gasteiger partial charge in [-0.2, -0.15) is 0 Å². The Labute approximate surface area is 197 Å². The first-order chi connectivity index (χ1) is 16.0. The van der Waals surface area contributed by atoms with Crippen LogP contribution in [0, 0.1) is 5.92 Å². The number of fused-ring (bicyclic) bond motifs is 1. The smallest absolute Gasteiger partial charge is 0.408 e. The normalized spacial score (nSPS) is 13.2. The van der Waals surface area contributed by atoms with Crippen LogP contribution in [0.5, 0.6) is 11.5 Å². The third-order valence-corrected chi connectivity index (χ3v) is 5.20. The maximum absolute atomic E-state index is 13.0. The van der Waals surface area contributed by atoms with Gasteiger partial charge in [-0.15, -0.1) is 0 Å². The fourth-order valence-electron chi connectivity index (χ4n) is 3.33. The molecule has 0 saturated heterocycles. The second-order valence-electron chi connectivity index (χ2n) is 9.09. The van der Waals surface area contributed by atoms with Crippen molar-refractivity contribution >= 4 is 23.0 Å². The molecule has 3 aromatic rings. The number of alkyl carbamates (subject to hydrolysis) is 1. The summed E-state index contributed by atoms with van der Waals surface area (Å²) in [4.78, 5) is 37.8. The van der Waals surface area contributed by atoms with E-state index in [9.17, 15) is 19.5 Å². The lowest BCUT2D eigenvalue weighted by molar-refractivity contribution is -0.138. The third-order valence-electron chi connectivity index (χ3n) is 5.20. The molecule has 0 spiro atoms. The minimum absolute atomic E-state index is 0.0233. The topological polar surface area (TPSA) is 115 Å². The van der Waals surface area contributed by atoms with Gasteiger partial charge in [-0.05, 0) is 26.7 Å². The molecule has 0 bridgehead atoms. The van der Waals surface area contributed by atoms with Crippen molar-refractivity contribution in [2.75, 3.05) is 0 Å². The lowest BCUT2D eigenvalue weighted by Gasteiger charge is -2.25. The highest BCUT2D eigenvalue weighted by Gasteiger charge is 2.30. The zero-order valence-corrected chi connectivity index (χ0v) is 19.9. The number of rotatable bonds is 6. The van der Waals surface area contributed by atoms with E-state index in [1.165, 1.54) is 18.2 Å². The van der Waals surface area contributed by atoms with Crippen LogP contribution < -0.4 is 15.5 Å². The monoisotopic (exact) mass is 467 g/mol. The lowest BCUT2D eigenvalue weighted by atomic mass is 9.99. The maximum Gasteiger partial charge on any atom is 0.408 e. The van der Waals surface area contributed by atoms with E-state index in [2.05, 4.69) is 5.32 Å². The number of nitrogens with one attached hydrogen (secondary N) is 1. The van der Waals surface area contributed by atoms with Crippen LogP contribution in [0.1, 0.15) is 41.0 Å². The van der Waals surface area contributed by atoms with Crippen LogP contribution in [0.15, 0.2) is 57.7 Å². The average molecular weight is 468 g/mol. The molecule has 2 N–H and O–H groups in total. The molecule has 1 amide bonds. The second-order valence-corrected chi connectivity index (χ2v) is 9.09. The first kappa shape index (κ1) is 24.8. The molecule has 1 heterocycles. The highest BCUT2D eigenvalue weighted by molar-refractivity contribution is 5.88. The Balaban J connectivity index is 1.92. The number of esters is 1. The summed E-state index contributed by atoms with van der Waals surface area (Å²) in [5, 5.41) is 13.0. The largest absolute Gasteiger partial charge is 0.507 e. The van der Waals surface area contributed by atoms with Crippen molar-refractivity contribution in [3.8, 4) is 22.8 Å². The summed E-state index contributed by atoms with van der Waals surface area (Å²) in [6, 6.07) is 11.9. The summed E-state index contributed by atoms with van der Waals surface area (Å²) in [5.41, 5.74) is -0.415. The number of phenols is 1. The van der Waals surface area contributed by atoms with Crippen LogP contribution in [-0.4, -0.2) is 28.8 Å². The van der Waals surface area contributed by atoms with Crippen molar-refractivity contribution in [1.82, 2.24) is 5.32 Å². The van der Waals surface area contributed by atoms with Crippen molar-refractivity contribution in [3.05, 3.63) is 58.8 Å². The molecular formula is C26H29NO7. The fourth-order valence-corrected chi connectivity index (χ4v) is 3.33. The van der Waals surface area contributed by atoms with E-state index in [4.69, 9.17) is 13.9 Å². The molecule has 0 aliphatic heterocycles. The van der Waals surface area contributed by atoms with Crippen molar-refractivity contribution in [3.63, 3.8) is 0 Å². The summed E-state index contributed by atoms with van der Waals surface area (Å²) in [7, 11) is 0. The Bertz CT molecular complexity index is 1240. The molecule has 2 aromatic carbocycles. The van der Waals surface area contributed by atoms with Gasteiger partial charge < -0.3 is 24.3 Å². The molecule has 8 nitrogen and oxygen atoms in total. The van der Waals surface area contributed by atoms with Gasteiger partial charge in [-0.1, -0.05) is 50.6 Å². The summed E-state index contributed by atoms with van der Waals surface area (Å²) in [6.45, 7) is 8.84. The van der Waals surface area contributed by atoms with Gasteiger partial charge in [0, 0.05) is 23.8 Å². The molecule has 34 heavy (non-hydrogen) atoms. The zero-order chi connectivity index (χ0) is 25.0. The van der Waals surface area contributed by atoms with E-state index in [0.717, 1.165) is 0 Å². The number of hydrogen-bond acceptors (Lipinski definition) is 7. The number of hydrogen-bond donors (Lipinski definition) is 2. The Kier molecular flexibility index (Phi) is 7.29. The molecule has 180 valence electrons. The van der Waals surface area contributed by atoms with Gasteiger partial charge in [0.15, 0.2) is 5.43 Å². The molecule has 0 aliphatic rings. The molecule has 8 heteroatoms. The van der Waals surface area contributed by atoms with Gasteiger partial charge in [-0.25, -0.2) is 9.59 Å². The van der Waals surface area contributed by atoms with E-state index >= 15 is 0 Å². The molecule has 3 rings (SSSR count). The second kappa shape index (κ2) is 9.99. The minimum atomic E-state index is -0.986. The zero-order valence-electron chi connectivity index (χ0n) is 19.9. The van der Waals surface area contributed by atoms with Crippen LogP contribution in [0.2, 0.25) is 0 Å². The molecule has 0 aliphatic carbocycles. The SMILES string of the molecule is CC[C@H](C)[C@@H](NC(=O)OC(C)(C)C)C(=O)Oc1cc(O)c2c(=O)cc(-c3ccccc3)oc2c1. The first-order valence-electron chi connectivity index (χ1n) is 11.1. The predicted molar refractivity (Wildman–Crippen MR) is 128 cm³/mol. The number of ether oxygens (including phenoxy) is 2. The average Bonchev–Trinajstić information content (AvgIpc) is 2.75. The highest BCUT2D eigenvalue weighted by Crippen LogP contribution is 2.31. The van der Waals surface area contributed by atoms with Crippen molar-refractivity contribution in [2.24, 2.45) is 5.92 Å². The lowest BCUT2D eigenvalue weighted by Crippen LogP contribution is -2.48. The number of benzene rings is 2. The van der Waals surface area contributed by atoms with E-state index in [1.807, 2.05) is 25.1 Å². The van der Waals surface area contributed by atoms with Crippen molar-refractivity contribution in [1.29, 1.82) is 0 Å². The van der Waals surface area contributed by atoms with E-state index < -0.39 is 29.1 Å². The van der Waals surface area contributed by atoms with Gasteiger partial charge in [-0.3, -0.25) is 4.79 Å². The Morgan fingerprint density at radius 3 is 2.41 bits per heavy atom.